The van der Waals surface area contributed by atoms with Gasteiger partial charge < -0.3 is 4.74 Å². The number of nitrogens with zero attached hydrogens (tertiary/aromatic N) is 1. The van der Waals surface area contributed by atoms with Crippen molar-refractivity contribution in [3.8, 4) is 17.6 Å². The summed E-state index contributed by atoms with van der Waals surface area (Å²) < 4.78 is 72.5. The molecule has 8 heteroatoms. The summed E-state index contributed by atoms with van der Waals surface area (Å²) in [5.41, 5.74) is -2.63. The van der Waals surface area contributed by atoms with Crippen molar-refractivity contribution in [3.05, 3.63) is 52.8 Å². The predicted molar refractivity (Wildman–Crippen MR) is 80.9 cm³/mol. The maximum Gasteiger partial charge on any atom is 0.182 e. The SMILES string of the molecule is N#Cc1cc(F)cc(Oc2ccc3c4c2C(F)CC4(F)CS3(=O)=O)c1. The van der Waals surface area contributed by atoms with E-state index in [1.54, 1.807) is 6.07 Å². The number of ether oxygens (including phenoxy) is 1. The van der Waals surface area contributed by atoms with E-state index in [0.717, 1.165) is 12.1 Å². The van der Waals surface area contributed by atoms with E-state index >= 15 is 0 Å². The van der Waals surface area contributed by atoms with Crippen molar-refractivity contribution in [2.24, 2.45) is 0 Å². The Morgan fingerprint density at radius 1 is 1.28 bits per heavy atom. The van der Waals surface area contributed by atoms with Gasteiger partial charge in [-0.05, 0) is 24.3 Å². The molecule has 0 N–H and O–H groups in total. The van der Waals surface area contributed by atoms with Gasteiger partial charge in [0.15, 0.2) is 15.5 Å². The lowest BCUT2D eigenvalue weighted by Gasteiger charge is -2.13. The highest BCUT2D eigenvalue weighted by molar-refractivity contribution is 7.91. The molecule has 2 aromatic rings. The zero-order chi connectivity index (χ0) is 18.0. The summed E-state index contributed by atoms with van der Waals surface area (Å²) in [6.45, 7) is 0. The molecular formula is C17H10F3NO3S. The second-order valence-corrected chi connectivity index (χ2v) is 8.09. The monoisotopic (exact) mass is 365 g/mol. The van der Waals surface area contributed by atoms with E-state index in [9.17, 15) is 21.6 Å². The van der Waals surface area contributed by atoms with Crippen LogP contribution in [0.4, 0.5) is 13.2 Å². The third-order valence-electron chi connectivity index (χ3n) is 4.41. The molecule has 2 aliphatic rings. The van der Waals surface area contributed by atoms with Gasteiger partial charge in [0.05, 0.1) is 22.3 Å². The van der Waals surface area contributed by atoms with Crippen LogP contribution < -0.4 is 4.74 Å². The van der Waals surface area contributed by atoms with Crippen molar-refractivity contribution in [3.63, 3.8) is 0 Å². The van der Waals surface area contributed by atoms with Crippen LogP contribution >= 0.6 is 0 Å². The number of nitriles is 1. The maximum atomic E-state index is 15.0. The summed E-state index contributed by atoms with van der Waals surface area (Å²) in [5, 5.41) is 8.87. The molecule has 0 radical (unpaired) electrons. The number of rotatable bonds is 2. The molecule has 2 atom stereocenters. The summed E-state index contributed by atoms with van der Waals surface area (Å²) in [5.74, 6) is -1.65. The first-order valence-electron chi connectivity index (χ1n) is 7.35. The Morgan fingerprint density at radius 3 is 2.76 bits per heavy atom. The topological polar surface area (TPSA) is 67.2 Å². The van der Waals surface area contributed by atoms with Gasteiger partial charge in [-0.3, -0.25) is 0 Å². The minimum atomic E-state index is -3.82. The van der Waals surface area contributed by atoms with E-state index in [1.165, 1.54) is 18.2 Å². The van der Waals surface area contributed by atoms with Crippen molar-refractivity contribution < 1.29 is 26.3 Å². The van der Waals surface area contributed by atoms with Gasteiger partial charge in [0.2, 0.25) is 0 Å². The molecule has 1 aliphatic carbocycles. The average molecular weight is 365 g/mol. The zero-order valence-electron chi connectivity index (χ0n) is 12.6. The van der Waals surface area contributed by atoms with Crippen LogP contribution in [0.15, 0.2) is 35.2 Å². The van der Waals surface area contributed by atoms with Crippen LogP contribution in [0.2, 0.25) is 0 Å². The van der Waals surface area contributed by atoms with Crippen molar-refractivity contribution >= 4 is 9.84 Å². The first-order valence-corrected chi connectivity index (χ1v) is 9.00. The molecule has 0 saturated heterocycles. The first-order chi connectivity index (χ1) is 11.7. The van der Waals surface area contributed by atoms with Gasteiger partial charge in [-0.1, -0.05) is 0 Å². The van der Waals surface area contributed by atoms with E-state index in [4.69, 9.17) is 10.00 Å². The van der Waals surface area contributed by atoms with Crippen LogP contribution in [-0.2, 0) is 15.5 Å². The Kier molecular flexibility index (Phi) is 3.19. The Balaban J connectivity index is 1.86. The maximum absolute atomic E-state index is 15.0. The molecule has 128 valence electrons. The van der Waals surface area contributed by atoms with Crippen molar-refractivity contribution in [1.29, 1.82) is 5.26 Å². The number of halogens is 3. The van der Waals surface area contributed by atoms with Crippen molar-refractivity contribution in [1.82, 2.24) is 0 Å². The molecule has 0 bridgehead atoms. The quantitative estimate of drug-likeness (QED) is 0.811. The largest absolute Gasteiger partial charge is 0.457 e. The zero-order valence-corrected chi connectivity index (χ0v) is 13.4. The van der Waals surface area contributed by atoms with E-state index in [0.29, 0.717) is 0 Å². The van der Waals surface area contributed by atoms with Crippen molar-refractivity contribution in [2.45, 2.75) is 23.2 Å². The van der Waals surface area contributed by atoms with E-state index in [2.05, 4.69) is 0 Å². The lowest BCUT2D eigenvalue weighted by Crippen LogP contribution is -2.19. The third-order valence-corrected chi connectivity index (χ3v) is 6.26. The first kappa shape index (κ1) is 16.0. The summed E-state index contributed by atoms with van der Waals surface area (Å²) >= 11 is 0. The fourth-order valence-corrected chi connectivity index (χ4v) is 5.41. The molecule has 1 heterocycles. The molecule has 4 rings (SSSR count). The summed E-state index contributed by atoms with van der Waals surface area (Å²) in [4.78, 5) is -0.227. The minimum absolute atomic E-state index is 0.00629. The Morgan fingerprint density at radius 2 is 2.04 bits per heavy atom. The van der Waals surface area contributed by atoms with Gasteiger partial charge in [0.25, 0.3) is 0 Å². The lowest BCUT2D eigenvalue weighted by molar-refractivity contribution is 0.159. The number of alkyl halides is 2. The lowest BCUT2D eigenvalue weighted by atomic mass is 10.0. The van der Waals surface area contributed by atoms with E-state index in [1.807, 2.05) is 0 Å². The molecular weight excluding hydrogens is 355 g/mol. The summed E-state index contributed by atoms with van der Waals surface area (Å²) in [6, 6.07) is 7.43. The van der Waals surface area contributed by atoms with Crippen LogP contribution in [0.3, 0.4) is 0 Å². The second kappa shape index (κ2) is 4.99. The standard InChI is InChI=1S/C17H10F3NO3S/c18-10-3-9(7-21)4-11(5-10)24-13-1-2-14-16-15(13)12(19)6-17(16,20)8-25(14,22)23/h1-5,12H,6,8H2. The summed E-state index contributed by atoms with van der Waals surface area (Å²) in [6.07, 6.45) is -2.32. The predicted octanol–water partition coefficient (Wildman–Crippen LogP) is 3.86. The van der Waals surface area contributed by atoms with Crippen LogP contribution in [0.25, 0.3) is 0 Å². The molecule has 2 aromatic carbocycles. The molecule has 0 spiro atoms. The highest BCUT2D eigenvalue weighted by Gasteiger charge is 2.56. The average Bonchev–Trinajstić information content (AvgIpc) is 2.88. The van der Waals surface area contributed by atoms with Gasteiger partial charge in [0.1, 0.15) is 23.5 Å². The van der Waals surface area contributed by atoms with Gasteiger partial charge in [-0.2, -0.15) is 5.26 Å². The minimum Gasteiger partial charge on any atom is -0.457 e. The molecule has 2 unspecified atom stereocenters. The fourth-order valence-electron chi connectivity index (χ4n) is 3.51. The van der Waals surface area contributed by atoms with Crippen LogP contribution in [0, 0.1) is 17.1 Å². The molecule has 0 saturated carbocycles. The van der Waals surface area contributed by atoms with Gasteiger partial charge >= 0.3 is 0 Å². The number of sulfone groups is 1. The normalized spacial score (nSPS) is 25.4. The van der Waals surface area contributed by atoms with E-state index in [-0.39, 0.29) is 33.1 Å². The number of benzene rings is 2. The van der Waals surface area contributed by atoms with Crippen LogP contribution in [-0.4, -0.2) is 14.2 Å². The Labute approximate surface area is 141 Å². The number of hydrogen-bond donors (Lipinski definition) is 0. The molecule has 0 fully saturated rings. The highest BCUT2D eigenvalue weighted by atomic mass is 32.2. The molecule has 4 nitrogen and oxygen atoms in total. The van der Waals surface area contributed by atoms with E-state index < -0.39 is 39.7 Å². The molecule has 0 aromatic heterocycles. The van der Waals surface area contributed by atoms with Gasteiger partial charge in [0, 0.05) is 23.6 Å². The molecule has 0 amide bonds. The van der Waals surface area contributed by atoms with Crippen molar-refractivity contribution in [2.75, 3.05) is 5.75 Å². The fraction of sp³-hybridized carbons (Fsp3) is 0.235. The second-order valence-electron chi connectivity index (χ2n) is 6.14. The summed E-state index contributed by atoms with van der Waals surface area (Å²) in [7, 11) is -3.82. The Hall–Kier alpha value is -2.53. The third kappa shape index (κ3) is 2.30. The van der Waals surface area contributed by atoms with Crippen LogP contribution in [0.1, 0.15) is 29.3 Å². The van der Waals surface area contributed by atoms with Gasteiger partial charge in [-0.15, -0.1) is 0 Å². The number of hydrogen-bond acceptors (Lipinski definition) is 4. The molecule has 1 aliphatic heterocycles. The Bertz CT molecular complexity index is 1060. The van der Waals surface area contributed by atoms with Gasteiger partial charge in [-0.25, -0.2) is 21.6 Å². The molecule has 25 heavy (non-hydrogen) atoms. The smallest absolute Gasteiger partial charge is 0.182 e. The highest BCUT2D eigenvalue weighted by Crippen LogP contribution is 2.58. The van der Waals surface area contributed by atoms with Crippen LogP contribution in [0.5, 0.6) is 11.5 Å².